The average Bonchev–Trinajstić information content (AvgIpc) is 2.37. The molecule has 1 aromatic rings. The van der Waals surface area contributed by atoms with Gasteiger partial charge in [-0.25, -0.2) is 5.43 Å². The summed E-state index contributed by atoms with van der Waals surface area (Å²) in [7, 11) is 0. The molecular formula is C11H13N3O4. The van der Waals surface area contributed by atoms with E-state index in [1.54, 1.807) is 0 Å². The highest BCUT2D eigenvalue weighted by molar-refractivity contribution is 5.82. The molecule has 0 fully saturated rings. The zero-order valence-electron chi connectivity index (χ0n) is 9.57. The molecule has 96 valence electrons. The lowest BCUT2D eigenvalue weighted by Gasteiger charge is -1.97. The highest BCUT2D eigenvalue weighted by Crippen LogP contribution is 2.10. The van der Waals surface area contributed by atoms with E-state index in [1.807, 2.05) is 0 Å². The van der Waals surface area contributed by atoms with Crippen LogP contribution in [0.2, 0.25) is 0 Å². The number of nitro groups is 1. The van der Waals surface area contributed by atoms with Crippen LogP contribution in [-0.2, 0) is 4.79 Å². The van der Waals surface area contributed by atoms with Crippen LogP contribution in [0.15, 0.2) is 29.4 Å². The second-order valence-corrected chi connectivity index (χ2v) is 3.47. The summed E-state index contributed by atoms with van der Waals surface area (Å²) in [6, 6.07) is 5.77. The van der Waals surface area contributed by atoms with Crippen LogP contribution >= 0.6 is 0 Å². The van der Waals surface area contributed by atoms with Gasteiger partial charge in [-0.2, -0.15) is 5.10 Å². The molecule has 0 heterocycles. The topological polar surface area (TPSA) is 105 Å². The number of amides is 1. The first-order valence-electron chi connectivity index (χ1n) is 5.30. The number of nitro benzene ring substituents is 1. The molecule has 2 N–H and O–H groups in total. The lowest BCUT2D eigenvalue weighted by molar-refractivity contribution is -0.384. The minimum absolute atomic E-state index is 0.000804. The molecule has 18 heavy (non-hydrogen) atoms. The Morgan fingerprint density at radius 3 is 2.67 bits per heavy atom. The van der Waals surface area contributed by atoms with Crippen molar-refractivity contribution in [2.75, 3.05) is 6.61 Å². The Balaban J connectivity index is 2.47. The number of rotatable bonds is 6. The largest absolute Gasteiger partial charge is 0.396 e. The van der Waals surface area contributed by atoms with Crippen molar-refractivity contribution in [2.24, 2.45) is 5.10 Å². The van der Waals surface area contributed by atoms with Gasteiger partial charge >= 0.3 is 0 Å². The van der Waals surface area contributed by atoms with E-state index in [1.165, 1.54) is 30.5 Å². The maximum atomic E-state index is 11.1. The summed E-state index contributed by atoms with van der Waals surface area (Å²) in [5, 5.41) is 22.6. The van der Waals surface area contributed by atoms with Crippen molar-refractivity contribution in [1.82, 2.24) is 5.43 Å². The van der Waals surface area contributed by atoms with E-state index in [2.05, 4.69) is 10.5 Å². The lowest BCUT2D eigenvalue weighted by Crippen LogP contribution is -2.17. The molecule has 1 amide bonds. The Morgan fingerprint density at radius 2 is 2.11 bits per heavy atom. The number of hydrazone groups is 1. The average molecular weight is 251 g/mol. The fourth-order valence-corrected chi connectivity index (χ4v) is 1.16. The zero-order chi connectivity index (χ0) is 13.4. The first-order chi connectivity index (χ1) is 8.63. The van der Waals surface area contributed by atoms with E-state index >= 15 is 0 Å². The standard InChI is InChI=1S/C11H13N3O4/c15-7-1-2-11(16)13-12-8-9-3-5-10(6-4-9)14(17)18/h3-6,8,15H,1-2,7H2,(H,13,16)/b12-8+. The van der Waals surface area contributed by atoms with Crippen LogP contribution < -0.4 is 5.43 Å². The maximum absolute atomic E-state index is 11.1. The Kier molecular flexibility index (Phi) is 5.46. The molecule has 7 heteroatoms. The molecule has 0 unspecified atom stereocenters. The SMILES string of the molecule is O=C(CCCO)N/N=C/c1ccc([N+](=O)[O-])cc1. The van der Waals surface area contributed by atoms with Crippen LogP contribution in [0, 0.1) is 10.1 Å². The van der Waals surface area contributed by atoms with Crippen LogP contribution in [0.1, 0.15) is 18.4 Å². The molecule has 0 saturated heterocycles. The van der Waals surface area contributed by atoms with Crippen molar-refractivity contribution in [3.8, 4) is 0 Å². The summed E-state index contributed by atoms with van der Waals surface area (Å²) in [4.78, 5) is 21.0. The van der Waals surface area contributed by atoms with Crippen molar-refractivity contribution in [1.29, 1.82) is 0 Å². The lowest BCUT2D eigenvalue weighted by atomic mass is 10.2. The van der Waals surface area contributed by atoms with Gasteiger partial charge in [0.25, 0.3) is 5.69 Å². The zero-order valence-corrected chi connectivity index (χ0v) is 9.57. The van der Waals surface area contributed by atoms with E-state index < -0.39 is 4.92 Å². The first kappa shape index (κ1) is 13.8. The molecule has 0 bridgehead atoms. The third-order valence-corrected chi connectivity index (χ3v) is 2.07. The first-order valence-corrected chi connectivity index (χ1v) is 5.30. The number of nitrogens with zero attached hydrogens (tertiary/aromatic N) is 2. The quantitative estimate of drug-likeness (QED) is 0.443. The summed E-state index contributed by atoms with van der Waals surface area (Å²) < 4.78 is 0. The highest BCUT2D eigenvalue weighted by atomic mass is 16.6. The molecule has 0 aliphatic heterocycles. The van der Waals surface area contributed by atoms with Gasteiger partial charge in [0, 0.05) is 25.2 Å². The Labute approximate surface area is 103 Å². The second kappa shape index (κ2) is 7.13. The van der Waals surface area contributed by atoms with E-state index in [-0.39, 0.29) is 24.6 Å². The fourth-order valence-electron chi connectivity index (χ4n) is 1.16. The molecule has 0 atom stereocenters. The molecular weight excluding hydrogens is 238 g/mol. The summed E-state index contributed by atoms with van der Waals surface area (Å²) in [5.41, 5.74) is 2.93. The van der Waals surface area contributed by atoms with Gasteiger partial charge in [0.1, 0.15) is 0 Å². The van der Waals surface area contributed by atoms with Crippen LogP contribution in [0.5, 0.6) is 0 Å². The number of aliphatic hydroxyl groups excluding tert-OH is 1. The molecule has 1 rings (SSSR count). The van der Waals surface area contributed by atoms with Gasteiger partial charge in [-0.05, 0) is 24.1 Å². The number of hydrogen-bond acceptors (Lipinski definition) is 5. The molecule has 0 aliphatic rings. The fraction of sp³-hybridized carbons (Fsp3) is 0.273. The van der Waals surface area contributed by atoms with Gasteiger partial charge in [-0.1, -0.05) is 0 Å². The number of benzene rings is 1. The monoisotopic (exact) mass is 251 g/mol. The minimum Gasteiger partial charge on any atom is -0.396 e. The number of carbonyl (C=O) groups is 1. The third kappa shape index (κ3) is 4.71. The van der Waals surface area contributed by atoms with E-state index in [0.717, 1.165) is 0 Å². The van der Waals surface area contributed by atoms with Crippen LogP contribution in [-0.4, -0.2) is 28.8 Å². The van der Waals surface area contributed by atoms with Gasteiger partial charge < -0.3 is 5.11 Å². The van der Waals surface area contributed by atoms with Crippen LogP contribution in [0.4, 0.5) is 5.69 Å². The molecule has 1 aromatic carbocycles. The van der Waals surface area contributed by atoms with Gasteiger partial charge in [-0.15, -0.1) is 0 Å². The molecule has 0 aromatic heterocycles. The molecule has 7 nitrogen and oxygen atoms in total. The summed E-state index contributed by atoms with van der Waals surface area (Å²) in [6.45, 7) is -0.0422. The molecule has 0 radical (unpaired) electrons. The van der Waals surface area contributed by atoms with Gasteiger partial charge in [0.15, 0.2) is 0 Å². The predicted molar refractivity (Wildman–Crippen MR) is 65.2 cm³/mol. The smallest absolute Gasteiger partial charge is 0.269 e. The number of carbonyl (C=O) groups excluding carboxylic acids is 1. The van der Waals surface area contributed by atoms with Crippen molar-refractivity contribution >= 4 is 17.8 Å². The van der Waals surface area contributed by atoms with Crippen molar-refractivity contribution in [3.05, 3.63) is 39.9 Å². The Bertz CT molecular complexity index is 442. The van der Waals surface area contributed by atoms with Gasteiger partial charge in [0.2, 0.25) is 5.91 Å². The van der Waals surface area contributed by atoms with Crippen molar-refractivity contribution in [2.45, 2.75) is 12.8 Å². The van der Waals surface area contributed by atoms with Crippen LogP contribution in [0.3, 0.4) is 0 Å². The maximum Gasteiger partial charge on any atom is 0.269 e. The van der Waals surface area contributed by atoms with E-state index in [4.69, 9.17) is 5.11 Å². The second-order valence-electron chi connectivity index (χ2n) is 3.47. The van der Waals surface area contributed by atoms with Crippen molar-refractivity contribution < 1.29 is 14.8 Å². The Morgan fingerprint density at radius 1 is 1.44 bits per heavy atom. The number of aliphatic hydroxyl groups is 1. The molecule has 0 spiro atoms. The number of nitrogens with one attached hydrogen (secondary N) is 1. The number of hydrogen-bond donors (Lipinski definition) is 2. The predicted octanol–water partition coefficient (Wildman–Crippen LogP) is 0.817. The Hall–Kier alpha value is -2.28. The third-order valence-electron chi connectivity index (χ3n) is 2.07. The molecule has 0 saturated carbocycles. The van der Waals surface area contributed by atoms with Crippen LogP contribution in [0.25, 0.3) is 0 Å². The van der Waals surface area contributed by atoms with Gasteiger partial charge in [0.05, 0.1) is 11.1 Å². The van der Waals surface area contributed by atoms with E-state index in [0.29, 0.717) is 12.0 Å². The summed E-state index contributed by atoms with van der Waals surface area (Å²) >= 11 is 0. The van der Waals surface area contributed by atoms with E-state index in [9.17, 15) is 14.9 Å². The summed E-state index contributed by atoms with van der Waals surface area (Å²) in [6.07, 6.45) is 1.98. The minimum atomic E-state index is -0.489. The highest BCUT2D eigenvalue weighted by Gasteiger charge is 2.02. The normalized spacial score (nSPS) is 10.5. The van der Waals surface area contributed by atoms with Crippen molar-refractivity contribution in [3.63, 3.8) is 0 Å². The summed E-state index contributed by atoms with van der Waals surface area (Å²) in [5.74, 6) is -0.290. The van der Waals surface area contributed by atoms with Gasteiger partial charge in [-0.3, -0.25) is 14.9 Å². The molecule has 0 aliphatic carbocycles. The number of non-ortho nitro benzene ring substituents is 1.